The van der Waals surface area contributed by atoms with Gasteiger partial charge in [-0.1, -0.05) is 41.9 Å². The van der Waals surface area contributed by atoms with Crippen LogP contribution in [-0.2, 0) is 11.2 Å². The molecule has 5 nitrogen and oxygen atoms in total. The van der Waals surface area contributed by atoms with Crippen LogP contribution in [0.15, 0.2) is 60.8 Å². The Morgan fingerprint density at radius 2 is 2.04 bits per heavy atom. The molecule has 3 rings (SSSR count). The molecule has 7 heteroatoms. The minimum absolute atomic E-state index is 0.202. The van der Waals surface area contributed by atoms with E-state index in [4.69, 9.17) is 16.3 Å². The highest BCUT2D eigenvalue weighted by molar-refractivity contribution is 6.31. The number of rotatable bonds is 8. The van der Waals surface area contributed by atoms with E-state index in [1.807, 2.05) is 36.4 Å². The lowest BCUT2D eigenvalue weighted by atomic mass is 10.1. The van der Waals surface area contributed by atoms with Crippen LogP contribution in [0.4, 0.5) is 4.39 Å². The van der Waals surface area contributed by atoms with Crippen molar-refractivity contribution in [2.75, 3.05) is 6.54 Å². The second-order valence-electron chi connectivity index (χ2n) is 6.35. The molecule has 146 valence electrons. The zero-order valence-electron chi connectivity index (χ0n) is 15.4. The fourth-order valence-electron chi connectivity index (χ4n) is 2.69. The van der Waals surface area contributed by atoms with Crippen molar-refractivity contribution in [1.29, 1.82) is 0 Å². The summed E-state index contributed by atoms with van der Waals surface area (Å²) in [4.78, 5) is 12.2. The molecule has 2 aromatic carbocycles. The maximum Gasteiger partial charge on any atom is 0.260 e. The van der Waals surface area contributed by atoms with Crippen molar-refractivity contribution in [3.63, 3.8) is 0 Å². The Balaban J connectivity index is 1.48. The number of nitrogens with one attached hydrogen (secondary N) is 1. The van der Waals surface area contributed by atoms with Gasteiger partial charge in [-0.2, -0.15) is 0 Å². The number of benzene rings is 2. The molecule has 28 heavy (non-hydrogen) atoms. The summed E-state index contributed by atoms with van der Waals surface area (Å²) in [6.07, 6.45) is 2.27. The molecular formula is C21H21ClFN3O2. The van der Waals surface area contributed by atoms with E-state index in [0.717, 1.165) is 11.3 Å². The molecule has 1 amide bonds. The first-order valence-corrected chi connectivity index (χ1v) is 9.40. The van der Waals surface area contributed by atoms with Gasteiger partial charge in [0.2, 0.25) is 0 Å². The first-order valence-electron chi connectivity index (χ1n) is 9.02. The largest absolute Gasteiger partial charge is 0.462 e. The lowest BCUT2D eigenvalue weighted by Gasteiger charge is -2.13. The lowest BCUT2D eigenvalue weighted by molar-refractivity contribution is -0.127. The van der Waals surface area contributed by atoms with Gasteiger partial charge in [-0.25, -0.2) is 9.07 Å². The highest BCUT2D eigenvalue weighted by Crippen LogP contribution is 2.24. The van der Waals surface area contributed by atoms with Crippen LogP contribution in [0.2, 0.25) is 5.02 Å². The molecule has 0 bridgehead atoms. The molecule has 0 aliphatic carbocycles. The summed E-state index contributed by atoms with van der Waals surface area (Å²) in [5, 5.41) is 7.43. The normalized spacial score (nSPS) is 11.8. The lowest BCUT2D eigenvalue weighted by Crippen LogP contribution is -2.37. The molecule has 1 unspecified atom stereocenters. The Morgan fingerprint density at radius 3 is 2.79 bits per heavy atom. The average molecular weight is 402 g/mol. The average Bonchev–Trinajstić information content (AvgIpc) is 3.06. The molecule has 3 aromatic rings. The van der Waals surface area contributed by atoms with Crippen LogP contribution in [0.25, 0.3) is 5.69 Å². The highest BCUT2D eigenvalue weighted by Gasteiger charge is 2.18. The van der Waals surface area contributed by atoms with Gasteiger partial charge in [0.1, 0.15) is 10.8 Å². The molecule has 1 atom stereocenters. The van der Waals surface area contributed by atoms with E-state index in [9.17, 15) is 9.18 Å². The third kappa shape index (κ3) is 5.33. The van der Waals surface area contributed by atoms with Gasteiger partial charge in [0, 0.05) is 6.54 Å². The van der Waals surface area contributed by atoms with Crippen molar-refractivity contribution in [1.82, 2.24) is 15.1 Å². The fourth-order valence-corrected chi connectivity index (χ4v) is 2.87. The summed E-state index contributed by atoms with van der Waals surface area (Å²) in [7, 11) is 0. The predicted octanol–water partition coefficient (Wildman–Crippen LogP) is 4.18. The number of aromatic nitrogens is 2. The Bertz CT molecular complexity index is 930. The van der Waals surface area contributed by atoms with Gasteiger partial charge in [0.25, 0.3) is 11.8 Å². The Labute approximate surface area is 168 Å². The summed E-state index contributed by atoms with van der Waals surface area (Å²) in [6, 6.07) is 15.9. The monoisotopic (exact) mass is 401 g/mol. The molecule has 0 fully saturated rings. The van der Waals surface area contributed by atoms with Crippen LogP contribution < -0.4 is 10.1 Å². The predicted molar refractivity (Wildman–Crippen MR) is 106 cm³/mol. The van der Waals surface area contributed by atoms with Crippen LogP contribution >= 0.6 is 11.6 Å². The van der Waals surface area contributed by atoms with Gasteiger partial charge in [-0.15, -0.1) is 5.10 Å². The number of carbonyl (C=O) groups is 1. The molecular weight excluding hydrogens is 381 g/mol. The van der Waals surface area contributed by atoms with E-state index < -0.39 is 6.10 Å². The zero-order valence-corrected chi connectivity index (χ0v) is 16.2. The molecule has 1 aromatic heterocycles. The van der Waals surface area contributed by atoms with Crippen LogP contribution in [0, 0.1) is 5.82 Å². The summed E-state index contributed by atoms with van der Waals surface area (Å²) in [5.41, 5.74) is 1.74. The van der Waals surface area contributed by atoms with Crippen LogP contribution in [0.1, 0.15) is 18.9 Å². The number of hydrogen-bond acceptors (Lipinski definition) is 3. The van der Waals surface area contributed by atoms with Gasteiger partial charge < -0.3 is 10.1 Å². The SMILES string of the molecule is CC(Oc1nn(-c2ccccc2)cc1Cl)C(=O)NCCCc1cccc(F)c1. The van der Waals surface area contributed by atoms with E-state index in [1.165, 1.54) is 12.1 Å². The Kier molecular flexibility index (Phi) is 6.66. The minimum atomic E-state index is -0.745. The third-order valence-corrected chi connectivity index (χ3v) is 4.41. The fraction of sp³-hybridized carbons (Fsp3) is 0.238. The zero-order chi connectivity index (χ0) is 19.9. The number of carbonyl (C=O) groups excluding carboxylic acids is 1. The van der Waals surface area contributed by atoms with Crippen molar-refractivity contribution in [2.24, 2.45) is 0 Å². The molecule has 0 spiro atoms. The van der Waals surface area contributed by atoms with Crippen LogP contribution in [-0.4, -0.2) is 28.3 Å². The smallest absolute Gasteiger partial charge is 0.260 e. The van der Waals surface area contributed by atoms with E-state index >= 15 is 0 Å². The second kappa shape index (κ2) is 9.37. The molecule has 0 saturated heterocycles. The van der Waals surface area contributed by atoms with Gasteiger partial charge in [0.15, 0.2) is 6.10 Å². The summed E-state index contributed by atoms with van der Waals surface area (Å²) in [6.45, 7) is 2.11. The van der Waals surface area contributed by atoms with E-state index in [2.05, 4.69) is 10.4 Å². The van der Waals surface area contributed by atoms with Crippen molar-refractivity contribution >= 4 is 17.5 Å². The Hall–Kier alpha value is -2.86. The minimum Gasteiger partial charge on any atom is -0.462 e. The van der Waals surface area contributed by atoms with Crippen molar-refractivity contribution in [3.05, 3.63) is 77.2 Å². The van der Waals surface area contributed by atoms with Gasteiger partial charge in [-0.05, 0) is 49.6 Å². The summed E-state index contributed by atoms with van der Waals surface area (Å²) < 4.78 is 20.4. The molecule has 1 heterocycles. The number of aryl methyl sites for hydroxylation is 1. The number of ether oxygens (including phenoxy) is 1. The molecule has 0 saturated carbocycles. The topological polar surface area (TPSA) is 56.2 Å². The second-order valence-corrected chi connectivity index (χ2v) is 6.75. The first-order chi connectivity index (χ1) is 13.5. The maximum atomic E-state index is 13.2. The number of halogens is 2. The van der Waals surface area contributed by atoms with Gasteiger partial charge >= 0.3 is 0 Å². The van der Waals surface area contributed by atoms with Crippen molar-refractivity contribution in [3.8, 4) is 11.6 Å². The van der Waals surface area contributed by atoms with Crippen molar-refractivity contribution in [2.45, 2.75) is 25.9 Å². The van der Waals surface area contributed by atoms with Crippen LogP contribution in [0.5, 0.6) is 5.88 Å². The van der Waals surface area contributed by atoms with E-state index in [0.29, 0.717) is 24.4 Å². The van der Waals surface area contributed by atoms with Crippen LogP contribution in [0.3, 0.4) is 0 Å². The van der Waals surface area contributed by atoms with E-state index in [1.54, 1.807) is 23.9 Å². The summed E-state index contributed by atoms with van der Waals surface area (Å²) in [5.74, 6) is -0.312. The summed E-state index contributed by atoms with van der Waals surface area (Å²) >= 11 is 6.18. The molecule has 0 radical (unpaired) electrons. The van der Waals surface area contributed by atoms with Gasteiger partial charge in [-0.3, -0.25) is 4.79 Å². The highest BCUT2D eigenvalue weighted by atomic mass is 35.5. The quantitative estimate of drug-likeness (QED) is 0.576. The van der Waals surface area contributed by atoms with Crippen molar-refractivity contribution < 1.29 is 13.9 Å². The first kappa shape index (κ1) is 19.9. The van der Waals surface area contributed by atoms with E-state index in [-0.39, 0.29) is 17.6 Å². The molecule has 0 aliphatic heterocycles. The number of para-hydroxylation sites is 1. The maximum absolute atomic E-state index is 13.2. The third-order valence-electron chi connectivity index (χ3n) is 4.15. The van der Waals surface area contributed by atoms with Gasteiger partial charge in [0.05, 0.1) is 11.9 Å². The molecule has 1 N–H and O–H groups in total. The number of amides is 1. The number of hydrogen-bond donors (Lipinski definition) is 1. The Morgan fingerprint density at radius 1 is 1.25 bits per heavy atom. The molecule has 0 aliphatic rings. The number of nitrogens with zero attached hydrogens (tertiary/aromatic N) is 2. The standard InChI is InChI=1S/C21H21ClFN3O2/c1-15(20(27)24-12-6-8-16-7-5-9-17(23)13-16)28-21-19(22)14-26(25-21)18-10-3-2-4-11-18/h2-5,7,9-11,13-15H,6,8,12H2,1H3,(H,24,27).